The number of rotatable bonds is 3. The van der Waals surface area contributed by atoms with Crippen molar-refractivity contribution in [2.45, 2.75) is 6.04 Å². The van der Waals surface area contributed by atoms with E-state index >= 15 is 0 Å². The second-order valence-corrected chi connectivity index (χ2v) is 6.10. The number of carbonyl (C=O) groups excluding carboxylic acids is 3. The zero-order chi connectivity index (χ0) is 17.6. The zero-order valence-corrected chi connectivity index (χ0v) is 13.2. The topological polar surface area (TPSA) is 85.5 Å². The van der Waals surface area contributed by atoms with Gasteiger partial charge in [0.1, 0.15) is 11.5 Å². The van der Waals surface area contributed by atoms with Gasteiger partial charge in [-0.1, -0.05) is 12.1 Å². The summed E-state index contributed by atoms with van der Waals surface area (Å²) in [6.45, 7) is 0.659. The summed E-state index contributed by atoms with van der Waals surface area (Å²) >= 11 is 0. The van der Waals surface area contributed by atoms with E-state index in [0.29, 0.717) is 18.8 Å². The number of amides is 4. The van der Waals surface area contributed by atoms with E-state index < -0.39 is 6.03 Å². The van der Waals surface area contributed by atoms with Crippen LogP contribution in [0.3, 0.4) is 0 Å². The summed E-state index contributed by atoms with van der Waals surface area (Å²) in [4.78, 5) is 41.4. The van der Waals surface area contributed by atoms with E-state index in [4.69, 9.17) is 0 Å². The predicted octanol–water partition coefficient (Wildman–Crippen LogP) is 1.20. The van der Waals surface area contributed by atoms with Crippen LogP contribution in [0.5, 0.6) is 0 Å². The molecule has 0 unspecified atom stereocenters. The number of aromatic nitrogens is 1. The minimum Gasteiger partial charge on any atom is -0.357 e. The summed E-state index contributed by atoms with van der Waals surface area (Å²) in [5.41, 5.74) is 2.00. The number of likely N-dealkylation sites (tertiary alicyclic amines) is 1. The Balaban J connectivity index is 1.42. The maximum Gasteiger partial charge on any atom is 0.324 e. The van der Waals surface area contributed by atoms with Crippen molar-refractivity contribution in [1.29, 1.82) is 0 Å². The number of hydrogen-bond donors (Lipinski definition) is 2. The smallest absolute Gasteiger partial charge is 0.324 e. The van der Waals surface area contributed by atoms with E-state index in [1.165, 1.54) is 17.0 Å². The van der Waals surface area contributed by atoms with E-state index in [-0.39, 0.29) is 30.2 Å². The molecule has 4 rings (SSSR count). The molecule has 1 aromatic heterocycles. The van der Waals surface area contributed by atoms with Gasteiger partial charge in [0, 0.05) is 19.3 Å². The van der Waals surface area contributed by atoms with Crippen LogP contribution < -0.4 is 5.32 Å². The van der Waals surface area contributed by atoms with Gasteiger partial charge in [-0.05, 0) is 29.3 Å². The quantitative estimate of drug-likeness (QED) is 0.822. The van der Waals surface area contributed by atoms with Crippen LogP contribution in [-0.4, -0.2) is 58.3 Å². The molecule has 0 aliphatic carbocycles. The molecule has 0 atom stereocenters. The summed E-state index contributed by atoms with van der Waals surface area (Å²) in [6.07, 6.45) is 1.69. The van der Waals surface area contributed by atoms with Crippen LogP contribution in [-0.2, 0) is 4.79 Å². The molecule has 2 aliphatic rings. The molecule has 0 saturated carbocycles. The molecule has 2 aromatic rings. The second kappa shape index (κ2) is 5.73. The maximum atomic E-state index is 13.0. The molecule has 8 heteroatoms. The first-order valence-electron chi connectivity index (χ1n) is 7.86. The predicted molar refractivity (Wildman–Crippen MR) is 86.1 cm³/mol. The first-order valence-corrected chi connectivity index (χ1v) is 7.86. The van der Waals surface area contributed by atoms with Crippen LogP contribution in [0.15, 0.2) is 36.5 Å². The minimum atomic E-state index is -0.402. The number of urea groups is 1. The van der Waals surface area contributed by atoms with Crippen LogP contribution in [0, 0.1) is 5.82 Å². The second-order valence-electron chi connectivity index (χ2n) is 6.10. The highest BCUT2D eigenvalue weighted by Crippen LogP contribution is 2.24. The van der Waals surface area contributed by atoms with Crippen LogP contribution in [0.4, 0.5) is 9.18 Å². The SMILES string of the molecule is O=C(c1cc(-c2ccc(F)cc2)c[nH]1)N1CC(N2C(=O)CNC2=O)C1. The lowest BCUT2D eigenvalue weighted by molar-refractivity contribution is -0.128. The molecular weight excluding hydrogens is 327 g/mol. The van der Waals surface area contributed by atoms with Gasteiger partial charge in [0.05, 0.1) is 12.6 Å². The van der Waals surface area contributed by atoms with E-state index in [0.717, 1.165) is 11.1 Å². The number of benzene rings is 1. The summed E-state index contributed by atoms with van der Waals surface area (Å²) in [6, 6.07) is 7.04. The number of halogens is 1. The van der Waals surface area contributed by atoms with Crippen molar-refractivity contribution in [2.24, 2.45) is 0 Å². The fourth-order valence-electron chi connectivity index (χ4n) is 3.09. The maximum absolute atomic E-state index is 13.0. The summed E-state index contributed by atoms with van der Waals surface area (Å²) < 4.78 is 13.0. The van der Waals surface area contributed by atoms with Gasteiger partial charge in [-0.25, -0.2) is 9.18 Å². The van der Waals surface area contributed by atoms with Crippen molar-refractivity contribution < 1.29 is 18.8 Å². The molecule has 0 spiro atoms. The van der Waals surface area contributed by atoms with E-state index in [9.17, 15) is 18.8 Å². The van der Waals surface area contributed by atoms with Gasteiger partial charge in [0.25, 0.3) is 5.91 Å². The van der Waals surface area contributed by atoms with Crippen molar-refractivity contribution >= 4 is 17.8 Å². The van der Waals surface area contributed by atoms with Crippen molar-refractivity contribution in [3.63, 3.8) is 0 Å². The first kappa shape index (κ1) is 15.4. The molecule has 2 N–H and O–H groups in total. The molecule has 3 heterocycles. The molecule has 1 aromatic carbocycles. The molecule has 128 valence electrons. The van der Waals surface area contributed by atoms with Gasteiger partial charge in [-0.15, -0.1) is 0 Å². The Hall–Kier alpha value is -3.16. The molecule has 0 radical (unpaired) electrons. The number of H-pyrrole nitrogens is 1. The third-order valence-corrected chi connectivity index (χ3v) is 4.48. The van der Waals surface area contributed by atoms with Crippen molar-refractivity contribution in [1.82, 2.24) is 20.1 Å². The molecule has 2 saturated heterocycles. The highest BCUT2D eigenvalue weighted by Gasteiger charge is 2.43. The summed E-state index contributed by atoms with van der Waals surface area (Å²) in [5.74, 6) is -0.778. The van der Waals surface area contributed by atoms with E-state index in [2.05, 4.69) is 10.3 Å². The Morgan fingerprint density at radius 3 is 2.48 bits per heavy atom. The molecule has 2 fully saturated rings. The van der Waals surface area contributed by atoms with E-state index in [1.54, 1.807) is 29.3 Å². The number of carbonyl (C=O) groups is 3. The lowest BCUT2D eigenvalue weighted by atomic mass is 10.1. The van der Waals surface area contributed by atoms with Gasteiger partial charge >= 0.3 is 6.03 Å². The number of hydrogen-bond acceptors (Lipinski definition) is 3. The van der Waals surface area contributed by atoms with Crippen molar-refractivity contribution in [2.75, 3.05) is 19.6 Å². The van der Waals surface area contributed by atoms with Crippen molar-refractivity contribution in [3.8, 4) is 11.1 Å². The fourth-order valence-corrected chi connectivity index (χ4v) is 3.09. The number of aromatic amines is 1. The van der Waals surface area contributed by atoms with Gasteiger partial charge in [0.2, 0.25) is 5.91 Å². The Morgan fingerprint density at radius 1 is 1.12 bits per heavy atom. The van der Waals surface area contributed by atoms with Crippen molar-refractivity contribution in [3.05, 3.63) is 48.0 Å². The normalized spacial score (nSPS) is 17.6. The first-order chi connectivity index (χ1) is 12.0. The van der Waals surface area contributed by atoms with Crippen LogP contribution in [0.1, 0.15) is 10.5 Å². The molecule has 4 amide bonds. The highest BCUT2D eigenvalue weighted by molar-refractivity contribution is 6.03. The average Bonchev–Trinajstić information content (AvgIpc) is 3.16. The van der Waals surface area contributed by atoms with Gasteiger partial charge < -0.3 is 15.2 Å². The van der Waals surface area contributed by atoms with Gasteiger partial charge in [0.15, 0.2) is 0 Å². The van der Waals surface area contributed by atoms with Crippen LogP contribution in [0.25, 0.3) is 11.1 Å². The number of nitrogens with one attached hydrogen (secondary N) is 2. The summed E-state index contributed by atoms with van der Waals surface area (Å²) in [7, 11) is 0. The highest BCUT2D eigenvalue weighted by atomic mass is 19.1. The molecule has 2 aliphatic heterocycles. The Labute approximate surface area is 142 Å². The Morgan fingerprint density at radius 2 is 1.84 bits per heavy atom. The Kier molecular flexibility index (Phi) is 3.52. The Bertz CT molecular complexity index is 839. The summed E-state index contributed by atoms with van der Waals surface area (Å²) in [5, 5.41) is 2.47. The standard InChI is InChI=1S/C17H15FN4O3/c18-12-3-1-10(2-4-12)11-5-14(19-6-11)16(24)21-8-13(9-21)22-15(23)7-20-17(22)25/h1-6,13,19H,7-9H2,(H,20,25). The molecule has 7 nitrogen and oxygen atoms in total. The number of imide groups is 1. The molecular formula is C17H15FN4O3. The van der Waals surface area contributed by atoms with Crippen LogP contribution >= 0.6 is 0 Å². The average molecular weight is 342 g/mol. The molecule has 0 bridgehead atoms. The minimum absolute atomic E-state index is 0.0148. The lowest BCUT2D eigenvalue weighted by Gasteiger charge is -2.42. The number of nitrogens with zero attached hydrogens (tertiary/aromatic N) is 2. The third kappa shape index (κ3) is 2.65. The largest absolute Gasteiger partial charge is 0.357 e. The zero-order valence-electron chi connectivity index (χ0n) is 13.2. The van der Waals surface area contributed by atoms with E-state index in [1.807, 2.05) is 0 Å². The fraction of sp³-hybridized carbons (Fsp3) is 0.235. The van der Waals surface area contributed by atoms with Gasteiger partial charge in [-0.2, -0.15) is 0 Å². The third-order valence-electron chi connectivity index (χ3n) is 4.48. The molecule has 25 heavy (non-hydrogen) atoms. The lowest BCUT2D eigenvalue weighted by Crippen LogP contribution is -2.62. The van der Waals surface area contributed by atoms with Gasteiger partial charge in [-0.3, -0.25) is 14.5 Å². The monoisotopic (exact) mass is 342 g/mol. The van der Waals surface area contributed by atoms with Crippen LogP contribution in [0.2, 0.25) is 0 Å².